The summed E-state index contributed by atoms with van der Waals surface area (Å²) in [7, 11) is 0. The van der Waals surface area contributed by atoms with Crippen LogP contribution in [0.15, 0.2) is 24.3 Å². The number of imide groups is 1. The van der Waals surface area contributed by atoms with Crippen molar-refractivity contribution in [2.75, 3.05) is 13.2 Å². The molecule has 1 spiro atoms. The molecule has 0 bridgehead atoms. The van der Waals surface area contributed by atoms with E-state index < -0.39 is 17.7 Å². The van der Waals surface area contributed by atoms with Crippen LogP contribution in [0.2, 0.25) is 0 Å². The quantitative estimate of drug-likeness (QED) is 0.792. The number of aryl methyl sites for hydroxylation is 1. The summed E-state index contributed by atoms with van der Waals surface area (Å²) in [5, 5.41) is 13.2. The molecule has 1 saturated heterocycles. The lowest BCUT2D eigenvalue weighted by Crippen LogP contribution is -2.48. The van der Waals surface area contributed by atoms with Crippen LogP contribution < -0.4 is 10.1 Å². The number of hydrogen-bond acceptors (Lipinski definition) is 4. The summed E-state index contributed by atoms with van der Waals surface area (Å²) in [6.45, 7) is 1.98. The second kappa shape index (κ2) is 8.08. The summed E-state index contributed by atoms with van der Waals surface area (Å²) < 4.78 is 5.56. The molecule has 2 fully saturated rings. The number of rotatable bonds is 5. The van der Waals surface area contributed by atoms with Gasteiger partial charge in [-0.25, -0.2) is 4.79 Å². The number of β-amino-alcohol motifs (C(OH)–C–C–N with tert-alkyl or cyclic N) is 1. The van der Waals surface area contributed by atoms with Gasteiger partial charge in [-0.05, 0) is 31.9 Å². The molecular weight excluding hydrogens is 332 g/mol. The number of hydrogen-bond donors (Lipinski definition) is 2. The van der Waals surface area contributed by atoms with Gasteiger partial charge in [0.1, 0.15) is 24.0 Å². The van der Waals surface area contributed by atoms with Crippen LogP contribution in [0.5, 0.6) is 5.75 Å². The second-order valence-electron chi connectivity index (χ2n) is 7.47. The Bertz CT molecular complexity index is 636. The van der Waals surface area contributed by atoms with E-state index in [1.165, 1.54) is 6.42 Å². The third-order valence-electron chi connectivity index (χ3n) is 5.31. The molecule has 0 aromatic heterocycles. The first-order valence-electron chi connectivity index (χ1n) is 9.52. The molecule has 1 atom stereocenters. The molecule has 6 heteroatoms. The monoisotopic (exact) mass is 360 g/mol. The summed E-state index contributed by atoms with van der Waals surface area (Å²) in [5.41, 5.74) is 0.358. The smallest absolute Gasteiger partial charge is 0.325 e. The van der Waals surface area contributed by atoms with Crippen molar-refractivity contribution < 1.29 is 19.4 Å². The number of carbonyl (C=O) groups excluding carboxylic acids is 2. The zero-order chi connectivity index (χ0) is 18.6. The predicted octanol–water partition coefficient (Wildman–Crippen LogP) is 2.77. The molecule has 142 valence electrons. The number of urea groups is 1. The van der Waals surface area contributed by atoms with Gasteiger partial charge in [-0.3, -0.25) is 9.69 Å². The third-order valence-corrected chi connectivity index (χ3v) is 5.31. The normalized spacial score (nSPS) is 21.2. The fourth-order valence-electron chi connectivity index (χ4n) is 3.78. The van der Waals surface area contributed by atoms with E-state index in [-0.39, 0.29) is 19.1 Å². The first kappa shape index (κ1) is 18.7. The standard InChI is InChI=1S/C20H28N2O4/c1-15-7-9-17(10-8-15)26-14-16(23)13-22-18(24)20(21-19(22)25)11-5-3-2-4-6-12-20/h7-10,16,23H,2-6,11-14H2,1H3,(H,21,25)/t16-/m0/s1. The van der Waals surface area contributed by atoms with E-state index in [2.05, 4.69) is 5.32 Å². The number of ether oxygens (including phenoxy) is 1. The Morgan fingerprint density at radius 1 is 1.12 bits per heavy atom. The van der Waals surface area contributed by atoms with Gasteiger partial charge in [-0.2, -0.15) is 0 Å². The predicted molar refractivity (Wildman–Crippen MR) is 98.0 cm³/mol. The number of amides is 3. The fourth-order valence-corrected chi connectivity index (χ4v) is 3.78. The van der Waals surface area contributed by atoms with Gasteiger partial charge in [0.15, 0.2) is 0 Å². The first-order chi connectivity index (χ1) is 12.5. The van der Waals surface area contributed by atoms with E-state index in [0.717, 1.165) is 36.1 Å². The van der Waals surface area contributed by atoms with Crippen LogP contribution in [-0.2, 0) is 4.79 Å². The molecule has 1 aromatic carbocycles. The van der Waals surface area contributed by atoms with Gasteiger partial charge in [0.2, 0.25) is 0 Å². The van der Waals surface area contributed by atoms with Crippen LogP contribution in [0, 0.1) is 6.92 Å². The van der Waals surface area contributed by atoms with Crippen LogP contribution in [0.4, 0.5) is 4.79 Å². The highest BCUT2D eigenvalue weighted by molar-refractivity contribution is 6.07. The van der Waals surface area contributed by atoms with Crippen molar-refractivity contribution in [2.24, 2.45) is 0 Å². The average molecular weight is 360 g/mol. The van der Waals surface area contributed by atoms with E-state index in [0.29, 0.717) is 18.6 Å². The molecule has 3 rings (SSSR count). The second-order valence-corrected chi connectivity index (χ2v) is 7.47. The topological polar surface area (TPSA) is 78.9 Å². The van der Waals surface area contributed by atoms with Crippen LogP contribution in [0.1, 0.15) is 50.5 Å². The Labute approximate surface area is 154 Å². The molecule has 1 aliphatic carbocycles. The molecule has 1 saturated carbocycles. The SMILES string of the molecule is Cc1ccc(OC[C@@H](O)CN2C(=O)NC3(CCCCCCC3)C2=O)cc1. The Morgan fingerprint density at radius 3 is 2.38 bits per heavy atom. The zero-order valence-corrected chi connectivity index (χ0v) is 15.4. The van der Waals surface area contributed by atoms with Crippen LogP contribution in [0.3, 0.4) is 0 Å². The fraction of sp³-hybridized carbons (Fsp3) is 0.600. The van der Waals surface area contributed by atoms with Crippen molar-refractivity contribution >= 4 is 11.9 Å². The van der Waals surface area contributed by atoms with Crippen LogP contribution >= 0.6 is 0 Å². The maximum absolute atomic E-state index is 12.9. The largest absolute Gasteiger partial charge is 0.491 e. The van der Waals surface area contributed by atoms with Crippen molar-refractivity contribution in [1.82, 2.24) is 10.2 Å². The number of carbonyl (C=O) groups is 2. The van der Waals surface area contributed by atoms with Crippen molar-refractivity contribution in [3.8, 4) is 5.75 Å². The molecule has 2 aliphatic rings. The Balaban J connectivity index is 1.57. The van der Waals surface area contributed by atoms with Crippen molar-refractivity contribution in [3.63, 3.8) is 0 Å². The van der Waals surface area contributed by atoms with E-state index in [1.807, 2.05) is 31.2 Å². The summed E-state index contributed by atoms with van der Waals surface area (Å²) in [6.07, 6.45) is 5.72. The van der Waals surface area contributed by atoms with E-state index >= 15 is 0 Å². The van der Waals surface area contributed by atoms with Gasteiger partial charge in [0, 0.05) is 0 Å². The number of nitrogens with zero attached hydrogens (tertiary/aromatic N) is 1. The highest BCUT2D eigenvalue weighted by atomic mass is 16.5. The molecule has 6 nitrogen and oxygen atoms in total. The Hall–Kier alpha value is -2.08. The van der Waals surface area contributed by atoms with Crippen LogP contribution in [-0.4, -0.2) is 46.7 Å². The molecule has 0 radical (unpaired) electrons. The highest BCUT2D eigenvalue weighted by Crippen LogP contribution is 2.32. The molecule has 0 unspecified atom stereocenters. The zero-order valence-electron chi connectivity index (χ0n) is 15.4. The lowest BCUT2D eigenvalue weighted by Gasteiger charge is -2.28. The molecule has 3 amide bonds. The maximum atomic E-state index is 12.9. The van der Waals surface area contributed by atoms with Gasteiger partial charge in [0.05, 0.1) is 6.54 Å². The minimum Gasteiger partial charge on any atom is -0.491 e. The van der Waals surface area contributed by atoms with Gasteiger partial charge in [0.25, 0.3) is 5.91 Å². The lowest BCUT2D eigenvalue weighted by atomic mass is 9.84. The Morgan fingerprint density at radius 2 is 1.73 bits per heavy atom. The number of benzene rings is 1. The first-order valence-corrected chi connectivity index (χ1v) is 9.52. The van der Waals surface area contributed by atoms with E-state index in [1.54, 1.807) is 0 Å². The summed E-state index contributed by atoms with van der Waals surface area (Å²) in [5.74, 6) is 0.460. The van der Waals surface area contributed by atoms with Gasteiger partial charge >= 0.3 is 6.03 Å². The molecular formula is C20H28N2O4. The summed E-state index contributed by atoms with van der Waals surface area (Å²) >= 11 is 0. The highest BCUT2D eigenvalue weighted by Gasteiger charge is 2.50. The van der Waals surface area contributed by atoms with Crippen molar-refractivity contribution in [3.05, 3.63) is 29.8 Å². The molecule has 2 N–H and O–H groups in total. The minimum absolute atomic E-state index is 0.0348. The third kappa shape index (κ3) is 4.18. The maximum Gasteiger partial charge on any atom is 0.325 e. The van der Waals surface area contributed by atoms with Crippen LogP contribution in [0.25, 0.3) is 0 Å². The summed E-state index contributed by atoms with van der Waals surface area (Å²) in [4.78, 5) is 26.4. The molecule has 1 aromatic rings. The van der Waals surface area contributed by atoms with Crippen molar-refractivity contribution in [2.45, 2.75) is 63.5 Å². The molecule has 1 heterocycles. The van der Waals surface area contributed by atoms with Gasteiger partial charge < -0.3 is 15.2 Å². The minimum atomic E-state index is -0.922. The van der Waals surface area contributed by atoms with E-state index in [9.17, 15) is 14.7 Å². The van der Waals surface area contributed by atoms with Crippen molar-refractivity contribution in [1.29, 1.82) is 0 Å². The summed E-state index contributed by atoms with van der Waals surface area (Å²) in [6, 6.07) is 7.12. The number of aliphatic hydroxyl groups excluding tert-OH is 1. The number of aliphatic hydroxyl groups is 1. The Kier molecular flexibility index (Phi) is 5.81. The average Bonchev–Trinajstić information content (AvgIpc) is 2.83. The molecule has 1 aliphatic heterocycles. The lowest BCUT2D eigenvalue weighted by molar-refractivity contribution is -0.133. The van der Waals surface area contributed by atoms with Gasteiger partial charge in [-0.15, -0.1) is 0 Å². The molecule has 26 heavy (non-hydrogen) atoms. The van der Waals surface area contributed by atoms with E-state index in [4.69, 9.17) is 4.74 Å². The number of nitrogens with one attached hydrogen (secondary N) is 1. The van der Waals surface area contributed by atoms with Gasteiger partial charge in [-0.1, -0.05) is 49.8 Å².